The molecular weight excluding hydrogens is 478 g/mol. The van der Waals surface area contributed by atoms with E-state index in [0.29, 0.717) is 12.8 Å². The molecule has 192 valence electrons. The van der Waals surface area contributed by atoms with Gasteiger partial charge < -0.3 is 5.32 Å². The lowest BCUT2D eigenvalue weighted by Crippen LogP contribution is -2.46. The van der Waals surface area contributed by atoms with Crippen LogP contribution in [0.4, 0.5) is 0 Å². The maximum Gasteiger partial charge on any atom is 0.235 e. The van der Waals surface area contributed by atoms with Crippen LogP contribution in [0.3, 0.4) is 0 Å². The summed E-state index contributed by atoms with van der Waals surface area (Å²) in [5, 5.41) is 5.33. The molecule has 3 nitrogen and oxygen atoms in total. The summed E-state index contributed by atoms with van der Waals surface area (Å²) in [5.41, 5.74) is 5.65. The summed E-state index contributed by atoms with van der Waals surface area (Å²) in [5.74, 6) is -0.0996. The quantitative estimate of drug-likeness (QED) is 0.231. The number of carbonyl (C=O) groups is 2. The predicted octanol–water partition coefficient (Wildman–Crippen LogP) is 7.06. The number of amides is 1. The lowest BCUT2D eigenvalue weighted by Gasteiger charge is -2.31. The molecule has 0 saturated carbocycles. The number of aryl methyl sites for hydroxylation is 1. The Morgan fingerprint density at radius 1 is 0.615 bits per heavy atom. The number of ketones is 1. The highest BCUT2D eigenvalue weighted by atomic mass is 16.2. The van der Waals surface area contributed by atoms with Crippen molar-refractivity contribution < 1.29 is 9.59 Å². The van der Waals surface area contributed by atoms with Crippen molar-refractivity contribution in [2.45, 2.75) is 31.1 Å². The average Bonchev–Trinajstić information content (AvgIpc) is 3.27. The van der Waals surface area contributed by atoms with Crippen LogP contribution in [-0.4, -0.2) is 18.2 Å². The second-order valence-corrected chi connectivity index (χ2v) is 10.4. The van der Waals surface area contributed by atoms with Gasteiger partial charge in [-0.15, -0.1) is 0 Å². The minimum Gasteiger partial charge on any atom is -0.348 e. The van der Waals surface area contributed by atoms with Gasteiger partial charge in [0.25, 0.3) is 0 Å². The fourth-order valence-electron chi connectivity index (χ4n) is 6.12. The molecule has 0 atom stereocenters. The van der Waals surface area contributed by atoms with Gasteiger partial charge in [-0.25, -0.2) is 0 Å². The number of rotatable bonds is 9. The zero-order chi connectivity index (χ0) is 26.7. The van der Waals surface area contributed by atoms with Crippen molar-refractivity contribution >= 4 is 22.5 Å². The molecule has 0 fully saturated rings. The number of Topliss-reactive ketones (excluding diaryl/α,β-unsaturated/α-hetero) is 1. The van der Waals surface area contributed by atoms with Crippen molar-refractivity contribution in [2.24, 2.45) is 0 Å². The molecule has 6 rings (SSSR count). The van der Waals surface area contributed by atoms with E-state index >= 15 is 0 Å². The molecule has 0 saturated heterocycles. The highest BCUT2D eigenvalue weighted by Gasteiger charge is 2.48. The largest absolute Gasteiger partial charge is 0.348 e. The number of nitrogens with one attached hydrogen (secondary N) is 1. The zero-order valence-corrected chi connectivity index (χ0v) is 21.9. The first-order valence-corrected chi connectivity index (χ1v) is 13.7. The minimum absolute atomic E-state index is 0.00219. The molecule has 1 aliphatic carbocycles. The van der Waals surface area contributed by atoms with E-state index in [1.807, 2.05) is 54.6 Å². The third-order valence-corrected chi connectivity index (χ3v) is 7.97. The van der Waals surface area contributed by atoms with E-state index in [2.05, 4.69) is 72.0 Å². The second-order valence-electron chi connectivity index (χ2n) is 10.4. The van der Waals surface area contributed by atoms with E-state index in [4.69, 9.17) is 0 Å². The summed E-state index contributed by atoms with van der Waals surface area (Å²) in [4.78, 5) is 27.3. The van der Waals surface area contributed by atoms with Gasteiger partial charge in [0.2, 0.25) is 5.91 Å². The number of fused-ring (bicyclic) bond motifs is 4. The van der Waals surface area contributed by atoms with E-state index in [1.165, 1.54) is 5.56 Å². The Morgan fingerprint density at radius 2 is 1.23 bits per heavy atom. The Morgan fingerprint density at radius 3 is 1.95 bits per heavy atom. The van der Waals surface area contributed by atoms with E-state index in [1.54, 1.807) is 0 Å². The molecule has 0 bridgehead atoms. The lowest BCUT2D eigenvalue weighted by atomic mass is 9.73. The Hall–Kier alpha value is -4.50. The summed E-state index contributed by atoms with van der Waals surface area (Å²) in [7, 11) is 0. The Bertz CT molecular complexity index is 1610. The normalized spacial score (nSPS) is 13.0. The van der Waals surface area contributed by atoms with Gasteiger partial charge in [-0.05, 0) is 63.4 Å². The molecule has 39 heavy (non-hydrogen) atoms. The summed E-state index contributed by atoms with van der Waals surface area (Å²) in [6, 6.07) is 41.1. The lowest BCUT2D eigenvalue weighted by molar-refractivity contribution is -0.128. The third-order valence-electron chi connectivity index (χ3n) is 7.97. The molecule has 1 amide bonds. The minimum atomic E-state index is -0.828. The van der Waals surface area contributed by atoms with Gasteiger partial charge in [0.05, 0.1) is 6.54 Å². The molecule has 0 aliphatic heterocycles. The van der Waals surface area contributed by atoms with Crippen molar-refractivity contribution in [3.05, 3.63) is 144 Å². The number of hydrogen-bond acceptors (Lipinski definition) is 2. The maximum atomic E-state index is 14.2. The molecular formula is C36H31NO2. The summed E-state index contributed by atoms with van der Waals surface area (Å²) < 4.78 is 0. The van der Waals surface area contributed by atoms with Crippen LogP contribution in [0, 0.1) is 0 Å². The van der Waals surface area contributed by atoms with Crippen LogP contribution in [0.5, 0.6) is 0 Å². The van der Waals surface area contributed by atoms with Crippen molar-refractivity contribution in [1.82, 2.24) is 5.32 Å². The fourth-order valence-corrected chi connectivity index (χ4v) is 6.12. The standard InChI is InChI=1S/C36H31NO2/c38-30(24-27-20-21-28-14-4-5-15-29(28)23-27)25-37-35(39)36(22-10-13-26-11-2-1-3-12-26)33-18-8-6-16-31(33)32-17-7-9-19-34(32)36/h1-9,11-12,14-21,23H,10,13,22,24-25H2,(H,37,39). The monoisotopic (exact) mass is 509 g/mol. The van der Waals surface area contributed by atoms with Crippen LogP contribution in [0.2, 0.25) is 0 Å². The molecule has 1 aliphatic rings. The van der Waals surface area contributed by atoms with Crippen LogP contribution < -0.4 is 5.32 Å². The van der Waals surface area contributed by atoms with E-state index in [-0.39, 0.29) is 18.2 Å². The second kappa shape index (κ2) is 10.7. The van der Waals surface area contributed by atoms with Crippen LogP contribution in [0.15, 0.2) is 121 Å². The first kappa shape index (κ1) is 24.8. The highest BCUT2D eigenvalue weighted by Crippen LogP contribution is 2.51. The molecule has 5 aromatic rings. The van der Waals surface area contributed by atoms with Gasteiger partial charge >= 0.3 is 0 Å². The van der Waals surface area contributed by atoms with E-state index in [0.717, 1.165) is 51.4 Å². The third kappa shape index (κ3) is 4.77. The molecule has 0 radical (unpaired) electrons. The first-order valence-electron chi connectivity index (χ1n) is 13.7. The Labute approximate surface area is 229 Å². The summed E-state index contributed by atoms with van der Waals surface area (Å²) >= 11 is 0. The zero-order valence-electron chi connectivity index (χ0n) is 21.9. The summed E-state index contributed by atoms with van der Waals surface area (Å²) in [6.07, 6.45) is 2.70. The van der Waals surface area contributed by atoms with Gasteiger partial charge in [-0.2, -0.15) is 0 Å². The van der Waals surface area contributed by atoms with Crippen molar-refractivity contribution in [3.63, 3.8) is 0 Å². The summed E-state index contributed by atoms with van der Waals surface area (Å²) in [6.45, 7) is 0.0103. The molecule has 0 spiro atoms. The van der Waals surface area contributed by atoms with Crippen LogP contribution in [-0.2, 0) is 27.8 Å². The molecule has 5 aromatic carbocycles. The topological polar surface area (TPSA) is 46.2 Å². The molecule has 3 heteroatoms. The molecule has 0 unspecified atom stereocenters. The molecule has 0 heterocycles. The predicted molar refractivity (Wildman–Crippen MR) is 158 cm³/mol. The fraction of sp³-hybridized carbons (Fsp3) is 0.167. The van der Waals surface area contributed by atoms with Gasteiger partial charge in [-0.1, -0.05) is 121 Å². The number of benzene rings is 5. The number of hydrogen-bond donors (Lipinski definition) is 1. The van der Waals surface area contributed by atoms with E-state index < -0.39 is 5.41 Å². The SMILES string of the molecule is O=C(CNC(=O)C1(CCCc2ccccc2)c2ccccc2-c2ccccc21)Cc1ccc2ccccc2c1. The van der Waals surface area contributed by atoms with Crippen molar-refractivity contribution in [3.8, 4) is 11.1 Å². The molecule has 0 aromatic heterocycles. The van der Waals surface area contributed by atoms with Gasteiger partial charge in [0.1, 0.15) is 5.41 Å². The highest BCUT2D eigenvalue weighted by molar-refractivity contribution is 6.02. The van der Waals surface area contributed by atoms with Crippen LogP contribution in [0.1, 0.15) is 35.1 Å². The van der Waals surface area contributed by atoms with Crippen LogP contribution >= 0.6 is 0 Å². The average molecular weight is 510 g/mol. The first-order chi connectivity index (χ1) is 19.1. The molecule has 1 N–H and O–H groups in total. The van der Waals surface area contributed by atoms with Crippen molar-refractivity contribution in [2.75, 3.05) is 6.54 Å². The number of carbonyl (C=O) groups excluding carboxylic acids is 2. The smallest absolute Gasteiger partial charge is 0.235 e. The maximum absolute atomic E-state index is 14.2. The van der Waals surface area contributed by atoms with Crippen LogP contribution in [0.25, 0.3) is 21.9 Å². The van der Waals surface area contributed by atoms with Gasteiger partial charge in [0, 0.05) is 6.42 Å². The van der Waals surface area contributed by atoms with Crippen molar-refractivity contribution in [1.29, 1.82) is 0 Å². The Kier molecular flexibility index (Phi) is 6.81. The Balaban J connectivity index is 1.25. The van der Waals surface area contributed by atoms with Gasteiger partial charge in [0.15, 0.2) is 5.78 Å². The van der Waals surface area contributed by atoms with E-state index in [9.17, 15) is 9.59 Å². The van der Waals surface area contributed by atoms with Gasteiger partial charge in [-0.3, -0.25) is 9.59 Å².